The lowest BCUT2D eigenvalue weighted by atomic mass is 9.97. The average Bonchev–Trinajstić information content (AvgIpc) is 3.28. The molecular weight excluding hydrogens is 344 g/mol. The molecule has 0 radical (unpaired) electrons. The van der Waals surface area contributed by atoms with Gasteiger partial charge in [0.15, 0.2) is 0 Å². The summed E-state index contributed by atoms with van der Waals surface area (Å²) in [6.45, 7) is 4.72. The monoisotopic (exact) mass is 370 g/mol. The van der Waals surface area contributed by atoms with E-state index in [9.17, 15) is 4.79 Å². The zero-order chi connectivity index (χ0) is 19.5. The van der Waals surface area contributed by atoms with Crippen LogP contribution in [0.5, 0.6) is 0 Å². The number of nitrogens with two attached hydrogens (primary N) is 1. The summed E-state index contributed by atoms with van der Waals surface area (Å²) in [5.74, 6) is -0.401. The maximum absolute atomic E-state index is 11.4. The molecule has 3 aromatic carbocycles. The maximum Gasteiger partial charge on any atom is 0.248 e. The highest BCUT2D eigenvalue weighted by atomic mass is 16.1. The number of carbonyl (C=O) groups is 1. The SMILES string of the molecule is CC(c1ccc(-c2ccc(-c3cccc(C(N)=O)c3)cc2)cc1)N1CCCC1. The molecule has 0 aromatic heterocycles. The van der Waals surface area contributed by atoms with Gasteiger partial charge in [-0.1, -0.05) is 60.7 Å². The second-order valence-electron chi connectivity index (χ2n) is 7.56. The molecule has 0 bridgehead atoms. The molecule has 0 spiro atoms. The Labute approximate surface area is 166 Å². The molecule has 1 aliphatic heterocycles. The van der Waals surface area contributed by atoms with Gasteiger partial charge in [-0.15, -0.1) is 0 Å². The van der Waals surface area contributed by atoms with Gasteiger partial charge in [-0.2, -0.15) is 0 Å². The van der Waals surface area contributed by atoms with E-state index >= 15 is 0 Å². The molecule has 1 aliphatic rings. The largest absolute Gasteiger partial charge is 0.366 e. The third-order valence-electron chi connectivity index (χ3n) is 5.78. The molecule has 1 fully saturated rings. The van der Waals surface area contributed by atoms with Gasteiger partial charge in [0.1, 0.15) is 0 Å². The lowest BCUT2D eigenvalue weighted by molar-refractivity contribution is 0.100. The van der Waals surface area contributed by atoms with Gasteiger partial charge < -0.3 is 5.73 Å². The quantitative estimate of drug-likeness (QED) is 0.664. The van der Waals surface area contributed by atoms with Gasteiger partial charge in [-0.25, -0.2) is 0 Å². The van der Waals surface area contributed by atoms with Crippen LogP contribution in [0.15, 0.2) is 72.8 Å². The number of hydrogen-bond acceptors (Lipinski definition) is 2. The van der Waals surface area contributed by atoms with Crippen molar-refractivity contribution in [1.29, 1.82) is 0 Å². The molecule has 1 unspecified atom stereocenters. The van der Waals surface area contributed by atoms with E-state index in [1.807, 2.05) is 18.2 Å². The van der Waals surface area contributed by atoms with E-state index in [2.05, 4.69) is 60.4 Å². The van der Waals surface area contributed by atoms with Crippen molar-refractivity contribution in [2.75, 3.05) is 13.1 Å². The van der Waals surface area contributed by atoms with Gasteiger partial charge in [0.05, 0.1) is 0 Å². The number of benzene rings is 3. The van der Waals surface area contributed by atoms with Gasteiger partial charge in [-0.3, -0.25) is 9.69 Å². The van der Waals surface area contributed by atoms with E-state index in [-0.39, 0.29) is 0 Å². The lowest BCUT2D eigenvalue weighted by Gasteiger charge is -2.24. The molecule has 1 amide bonds. The van der Waals surface area contributed by atoms with Crippen LogP contribution < -0.4 is 5.73 Å². The topological polar surface area (TPSA) is 46.3 Å². The van der Waals surface area contributed by atoms with Crippen LogP contribution in [0.3, 0.4) is 0 Å². The van der Waals surface area contributed by atoms with Crippen molar-refractivity contribution in [1.82, 2.24) is 4.90 Å². The van der Waals surface area contributed by atoms with Crippen LogP contribution in [0.4, 0.5) is 0 Å². The van der Waals surface area contributed by atoms with Crippen molar-refractivity contribution in [2.24, 2.45) is 5.73 Å². The number of carbonyl (C=O) groups excluding carboxylic acids is 1. The van der Waals surface area contributed by atoms with E-state index < -0.39 is 5.91 Å². The van der Waals surface area contributed by atoms with Gasteiger partial charge in [-0.05, 0) is 72.8 Å². The number of hydrogen-bond donors (Lipinski definition) is 1. The number of likely N-dealkylation sites (tertiary alicyclic amines) is 1. The van der Waals surface area contributed by atoms with Gasteiger partial charge in [0.25, 0.3) is 0 Å². The Bertz CT molecular complexity index is 955. The standard InChI is InChI=1S/C25H26N2O/c1-18(27-15-2-3-16-27)19-7-9-20(10-8-19)21-11-13-22(14-12-21)23-5-4-6-24(17-23)25(26)28/h4-14,17-18H,2-3,15-16H2,1H3,(H2,26,28). The Kier molecular flexibility index (Phi) is 5.27. The molecule has 2 N–H and O–H groups in total. The third kappa shape index (κ3) is 3.85. The zero-order valence-corrected chi connectivity index (χ0v) is 16.3. The lowest BCUT2D eigenvalue weighted by Crippen LogP contribution is -2.23. The van der Waals surface area contributed by atoms with Crippen molar-refractivity contribution in [3.63, 3.8) is 0 Å². The molecule has 1 heterocycles. The first-order chi connectivity index (χ1) is 13.6. The van der Waals surface area contributed by atoms with Crippen LogP contribution in [0.25, 0.3) is 22.3 Å². The van der Waals surface area contributed by atoms with Crippen molar-refractivity contribution in [2.45, 2.75) is 25.8 Å². The Balaban J connectivity index is 1.52. The first kappa shape index (κ1) is 18.5. The molecule has 3 heteroatoms. The van der Waals surface area contributed by atoms with Gasteiger partial charge in [0.2, 0.25) is 5.91 Å². The normalized spacial score (nSPS) is 15.5. The minimum Gasteiger partial charge on any atom is -0.366 e. The Morgan fingerprint density at radius 3 is 1.93 bits per heavy atom. The molecule has 4 rings (SSSR count). The molecule has 1 atom stereocenters. The first-order valence-corrected chi connectivity index (χ1v) is 9.96. The van der Waals surface area contributed by atoms with Gasteiger partial charge in [0, 0.05) is 11.6 Å². The van der Waals surface area contributed by atoms with E-state index in [4.69, 9.17) is 5.73 Å². The third-order valence-corrected chi connectivity index (χ3v) is 5.78. The fraction of sp³-hybridized carbons (Fsp3) is 0.240. The smallest absolute Gasteiger partial charge is 0.248 e. The predicted octanol–water partition coefficient (Wildman–Crippen LogP) is 5.28. The van der Waals surface area contributed by atoms with E-state index in [0.29, 0.717) is 11.6 Å². The molecule has 142 valence electrons. The second-order valence-corrected chi connectivity index (χ2v) is 7.56. The first-order valence-electron chi connectivity index (χ1n) is 9.96. The Morgan fingerprint density at radius 1 is 0.821 bits per heavy atom. The van der Waals surface area contributed by atoms with Crippen LogP contribution in [0.2, 0.25) is 0 Å². The summed E-state index contributed by atoms with van der Waals surface area (Å²) in [4.78, 5) is 14.0. The molecular formula is C25H26N2O. The molecule has 3 nitrogen and oxygen atoms in total. The van der Waals surface area contributed by atoms with Crippen LogP contribution in [-0.4, -0.2) is 23.9 Å². The van der Waals surface area contributed by atoms with E-state index in [0.717, 1.165) is 11.1 Å². The fourth-order valence-electron chi connectivity index (χ4n) is 4.00. The van der Waals surface area contributed by atoms with Crippen LogP contribution in [0.1, 0.15) is 41.7 Å². The zero-order valence-electron chi connectivity index (χ0n) is 16.3. The number of amides is 1. The molecule has 1 saturated heterocycles. The molecule has 0 aliphatic carbocycles. The highest BCUT2D eigenvalue weighted by Gasteiger charge is 2.19. The van der Waals surface area contributed by atoms with E-state index in [1.165, 1.54) is 42.6 Å². The van der Waals surface area contributed by atoms with Crippen LogP contribution in [0, 0.1) is 0 Å². The van der Waals surface area contributed by atoms with Crippen molar-refractivity contribution >= 4 is 5.91 Å². The summed E-state index contributed by atoms with van der Waals surface area (Å²) in [7, 11) is 0. The van der Waals surface area contributed by atoms with Crippen LogP contribution in [-0.2, 0) is 0 Å². The summed E-state index contributed by atoms with van der Waals surface area (Å²) < 4.78 is 0. The highest BCUT2D eigenvalue weighted by molar-refractivity contribution is 5.94. The van der Waals surface area contributed by atoms with Gasteiger partial charge >= 0.3 is 0 Å². The van der Waals surface area contributed by atoms with Crippen molar-refractivity contribution in [3.05, 3.63) is 83.9 Å². The Morgan fingerprint density at radius 2 is 1.36 bits per heavy atom. The average molecular weight is 370 g/mol. The number of rotatable bonds is 5. The van der Waals surface area contributed by atoms with Crippen LogP contribution >= 0.6 is 0 Å². The summed E-state index contributed by atoms with van der Waals surface area (Å²) >= 11 is 0. The number of nitrogens with zero attached hydrogens (tertiary/aromatic N) is 1. The van der Waals surface area contributed by atoms with Crippen molar-refractivity contribution < 1.29 is 4.79 Å². The summed E-state index contributed by atoms with van der Waals surface area (Å²) in [6.07, 6.45) is 2.63. The minimum absolute atomic E-state index is 0.401. The number of primary amides is 1. The summed E-state index contributed by atoms with van der Waals surface area (Å²) in [6, 6.07) is 25.3. The van der Waals surface area contributed by atoms with Crippen molar-refractivity contribution in [3.8, 4) is 22.3 Å². The second kappa shape index (κ2) is 7.99. The highest BCUT2D eigenvalue weighted by Crippen LogP contribution is 2.29. The fourth-order valence-corrected chi connectivity index (χ4v) is 4.00. The molecule has 28 heavy (non-hydrogen) atoms. The maximum atomic E-state index is 11.4. The Hall–Kier alpha value is -2.91. The van der Waals surface area contributed by atoms with E-state index in [1.54, 1.807) is 6.07 Å². The molecule has 0 saturated carbocycles. The minimum atomic E-state index is -0.401. The molecule has 3 aromatic rings. The summed E-state index contributed by atoms with van der Waals surface area (Å²) in [5, 5.41) is 0. The predicted molar refractivity (Wildman–Crippen MR) is 115 cm³/mol. The summed E-state index contributed by atoms with van der Waals surface area (Å²) in [5.41, 5.74) is 11.8.